The van der Waals surface area contributed by atoms with Crippen molar-refractivity contribution >= 4 is 136 Å². The summed E-state index contributed by atoms with van der Waals surface area (Å²) in [4.78, 5) is 254. The van der Waals surface area contributed by atoms with Crippen LogP contribution in [-0.4, -0.2) is 318 Å². The van der Waals surface area contributed by atoms with Gasteiger partial charge in [0.1, 0.15) is 78.3 Å². The first-order valence-corrected chi connectivity index (χ1v) is 57.7. The molecule has 0 aromatic rings. The number of ketones is 1. The lowest BCUT2D eigenvalue weighted by atomic mass is 10.0. The Morgan fingerprint density at radius 3 is 0.685 bits per heavy atom. The molecule has 6 aliphatic heterocycles. The first-order chi connectivity index (χ1) is 71.7. The van der Waals surface area contributed by atoms with E-state index < -0.39 is 143 Å². The zero-order chi connectivity index (χ0) is 109. The molecule has 6 aliphatic rings. The van der Waals surface area contributed by atoms with E-state index in [0.717, 1.165) is 121 Å². The van der Waals surface area contributed by atoms with Crippen molar-refractivity contribution in [2.75, 3.05) is 98.1 Å². The molecule has 6 heterocycles. The molecule has 6 rings (SSSR count). The van der Waals surface area contributed by atoms with Gasteiger partial charge in [-0.05, 0) is 280 Å². The van der Waals surface area contributed by atoms with Crippen LogP contribution in [0.1, 0.15) is 323 Å². The van der Waals surface area contributed by atoms with Crippen molar-refractivity contribution < 1.29 is 108 Å². The SMILES string of the molecule is CNCCCCCC(=O)CCCCC[C@@H]1NC(=O)[C@@H](C)NC(=O)[C@H](CCCCNC(=O)CCCCCNC)NC(=O)[C@@H](C)NC(=O)[C@H](CCCCNC(=O)CCCCCNC)NC(=O)[C@@H](CCCCNC(=O)CCCC[C@@H]2SCC3NC(=O)NC32)NC1=O.C[C@H]1NC(=O)[C@H](CCCC[NH3+])NC(=O)[C@@H](CCCCNC(=O)CCCC[C@@H]2SCC3NC(=O)NC32)NC(=O)[C@H](CCCC[NH3+])NC(=O)[C@@H](C)NC(=O)[C@H](CCCC[NH3+])NC1=O. The number of hydrogen-bond acceptors (Lipinski definition) is 24. The van der Waals surface area contributed by atoms with E-state index in [2.05, 4.69) is 139 Å². The van der Waals surface area contributed by atoms with Crippen LogP contribution in [-0.2, 0) is 81.5 Å². The molecule has 0 aliphatic carbocycles. The predicted octanol–water partition coefficient (Wildman–Crippen LogP) is -1.41. The van der Waals surface area contributed by atoms with Crippen molar-refractivity contribution in [3.05, 3.63) is 0 Å². The van der Waals surface area contributed by atoms with Crippen molar-refractivity contribution in [3.63, 3.8) is 0 Å². The Balaban J connectivity index is 0.000000559. The van der Waals surface area contributed by atoms with Crippen molar-refractivity contribution in [2.45, 2.75) is 430 Å². The number of Topliss-reactive ketones (excluding diaryl/α,β-unsaturated/α-hetero) is 1. The highest BCUT2D eigenvalue weighted by atomic mass is 32.2. The van der Waals surface area contributed by atoms with Gasteiger partial charge in [0.2, 0.25) is 94.5 Å². The first kappa shape index (κ1) is 130. The lowest BCUT2D eigenvalue weighted by Crippen LogP contribution is -2.61. The third-order valence-electron chi connectivity index (χ3n) is 27.7. The molecule has 47 heteroatoms. The van der Waals surface area contributed by atoms with E-state index in [-0.39, 0.29) is 117 Å². The highest BCUT2D eigenvalue weighted by Gasteiger charge is 2.45. The maximum Gasteiger partial charge on any atom is 0.315 e. The fourth-order valence-electron chi connectivity index (χ4n) is 18.5. The van der Waals surface area contributed by atoms with Crippen molar-refractivity contribution in [2.24, 2.45) is 0 Å². The summed E-state index contributed by atoms with van der Waals surface area (Å²) in [5, 5.41) is 66.7. The highest BCUT2D eigenvalue weighted by Crippen LogP contribution is 2.35. The maximum absolute atomic E-state index is 14.6. The molecular formula is C102H187N26O19S2+3. The largest absolute Gasteiger partial charge is 0.358 e. The van der Waals surface area contributed by atoms with Crippen molar-refractivity contribution in [1.82, 2.24) is 122 Å². The molecule has 0 spiro atoms. The van der Waals surface area contributed by atoms with Gasteiger partial charge in [-0.2, -0.15) is 23.5 Å². The zero-order valence-corrected chi connectivity index (χ0v) is 91.7. The molecule has 4 unspecified atom stereocenters. The fourth-order valence-corrected chi connectivity index (χ4v) is 21.6. The zero-order valence-electron chi connectivity index (χ0n) is 90.1. The number of quaternary nitrogens is 3. The Bertz CT molecular complexity index is 4070. The summed E-state index contributed by atoms with van der Waals surface area (Å²) >= 11 is 3.67. The Morgan fingerprint density at radius 1 is 0.235 bits per heavy atom. The number of unbranched alkanes of at least 4 members (excludes halogenated alkanes) is 17. The monoisotopic (exact) mass is 2140 g/mol. The topological polar surface area (TPSA) is 684 Å². The molecule has 0 saturated carbocycles. The second-order valence-electron chi connectivity index (χ2n) is 40.5. The summed E-state index contributed by atoms with van der Waals surface area (Å²) in [6.45, 7) is 11.7. The van der Waals surface area contributed by atoms with Crippen LogP contribution in [0.2, 0.25) is 0 Å². The number of urea groups is 2. The first-order valence-electron chi connectivity index (χ1n) is 55.6. The number of amides is 20. The average Bonchev–Trinajstić information content (AvgIpc) is 1.66. The summed E-state index contributed by atoms with van der Waals surface area (Å²) in [6, 6.07) is -13.2. The number of rotatable bonds is 66. The molecule has 32 N–H and O–H groups in total. The molecule has 0 aromatic heterocycles. The van der Waals surface area contributed by atoms with Gasteiger partial charge in [-0.1, -0.05) is 44.9 Å². The molecule has 0 bridgehead atoms. The summed E-state index contributed by atoms with van der Waals surface area (Å²) in [6.07, 6.45) is 25.5. The molecular weight excluding hydrogens is 1960 g/mol. The molecule has 0 aromatic carbocycles. The minimum atomic E-state index is -1.22. The maximum atomic E-state index is 14.6. The lowest BCUT2D eigenvalue weighted by Gasteiger charge is -2.28. The van der Waals surface area contributed by atoms with E-state index >= 15 is 0 Å². The van der Waals surface area contributed by atoms with Gasteiger partial charge < -0.3 is 139 Å². The Kier molecular flexibility index (Phi) is 66.7. The molecule has 848 valence electrons. The normalized spacial score (nSPS) is 24.8. The molecule has 18 atom stereocenters. The standard InChI is InChI=1S/C62H112N14O11S.C40H72N12O8S/c1-43-56(81)71-46(29-17-23-39-66-52(78)33-13-8-21-37-64-4)58(83)69-44(2)57(82)72-48(28-12-6-10-26-45(77)27-11-7-20-36-63-3)60(85)74-49(31-19-25-41-68-54(80)35-16-15-32-51-55-50(42-88-51)75-62(87)76-55)61(86)73-47(59(84)70-43)30-18-24-40-67-53(79)34-14-9-22-38-65-5;1-24-34(54)47-26(13-5-9-19-41)36(56)45-25(2)35(55)48-28(15-7-11-21-43)38(58)50-29(39(59)49-27(37(57)46-24)14-6-10-20-42)16-8-12-22-44-32(53)18-4-3-17-31-33-30(23-61-31)51-40(60)52-33/h43-44,46-51,55,63-65H,6-42H2,1-5H3,(H,66,78)(H,67,79)(H,68,80)(H,69,83)(H,70,84)(H,71,81)(H,72,82)(H,73,86)(H,74,85)(H2,75,76,87);24-31,33H,3-23,41-43H2,1-2H3,(H,44,53)(H,45,56)(H,46,57)(H,47,54)(H,48,55)(H,49,59)(H,50,58)(H2,51,52,60)/p+3/t43-,44-,46+,47+,48+,49-,50?,51+,55?;24-,25-,26+,27+,28+,29-,30?,31+,33?/m11/s1. The lowest BCUT2D eigenvalue weighted by molar-refractivity contribution is -0.368. The van der Waals surface area contributed by atoms with Crippen LogP contribution in [0.5, 0.6) is 0 Å². The number of hydrogen-bond donors (Lipinski definition) is 26. The van der Waals surface area contributed by atoms with Crippen molar-refractivity contribution in [1.29, 1.82) is 0 Å². The van der Waals surface area contributed by atoms with Crippen molar-refractivity contribution in [3.8, 4) is 0 Å². The van der Waals surface area contributed by atoms with Gasteiger partial charge in [0, 0.05) is 86.7 Å². The molecule has 0 radical (unpaired) electrons. The third-order valence-corrected chi connectivity index (χ3v) is 30.7. The average molecular weight is 2150 g/mol. The molecule has 6 fully saturated rings. The van der Waals surface area contributed by atoms with Crippen LogP contribution in [0.15, 0.2) is 0 Å². The summed E-state index contributed by atoms with van der Waals surface area (Å²) in [5.74, 6) is -6.12. The van der Waals surface area contributed by atoms with Crippen LogP contribution in [0, 0.1) is 0 Å². The second kappa shape index (κ2) is 76.7. The summed E-state index contributed by atoms with van der Waals surface area (Å²) < 4.78 is 0. The summed E-state index contributed by atoms with van der Waals surface area (Å²) in [5.41, 5.74) is 11.6. The predicted molar refractivity (Wildman–Crippen MR) is 571 cm³/mol. The molecule has 6 saturated heterocycles. The number of carbonyl (C=O) groups is 19. The number of carbonyl (C=O) groups excluding carboxylic acids is 19. The van der Waals surface area contributed by atoms with Gasteiger partial charge in [-0.25, -0.2) is 9.59 Å². The van der Waals surface area contributed by atoms with E-state index in [4.69, 9.17) is 0 Å². The van der Waals surface area contributed by atoms with Gasteiger partial charge in [0.15, 0.2) is 0 Å². The van der Waals surface area contributed by atoms with E-state index in [1.807, 2.05) is 44.7 Å². The van der Waals surface area contributed by atoms with E-state index in [9.17, 15) is 91.1 Å². The quantitative estimate of drug-likeness (QED) is 0.0246. The van der Waals surface area contributed by atoms with E-state index in [0.29, 0.717) is 210 Å². The van der Waals surface area contributed by atoms with E-state index in [1.165, 1.54) is 27.7 Å². The second-order valence-corrected chi connectivity index (χ2v) is 43.0. The molecule has 149 heavy (non-hydrogen) atoms. The minimum Gasteiger partial charge on any atom is -0.358 e. The number of thioether (sulfide) groups is 2. The summed E-state index contributed by atoms with van der Waals surface area (Å²) in [7, 11) is 5.66. The minimum absolute atomic E-state index is 0.0765. The van der Waals surface area contributed by atoms with Crippen LogP contribution < -0.4 is 139 Å². The van der Waals surface area contributed by atoms with Crippen LogP contribution in [0.3, 0.4) is 0 Å². The van der Waals surface area contributed by atoms with Gasteiger partial charge in [0.25, 0.3) is 0 Å². The highest BCUT2D eigenvalue weighted by molar-refractivity contribution is 8.00. The van der Waals surface area contributed by atoms with Gasteiger partial charge >= 0.3 is 12.1 Å². The van der Waals surface area contributed by atoms with E-state index in [1.54, 1.807) is 0 Å². The van der Waals surface area contributed by atoms with Gasteiger partial charge in [0.05, 0.1) is 43.8 Å². The van der Waals surface area contributed by atoms with Gasteiger partial charge in [-0.15, -0.1) is 0 Å². The Labute approximate surface area is 890 Å². The fraction of sp³-hybridized carbons (Fsp3) is 0.814. The molecule has 45 nitrogen and oxygen atoms in total. The smallest absolute Gasteiger partial charge is 0.315 e. The number of nitrogens with one attached hydrogen (secondary N) is 23. The third kappa shape index (κ3) is 53.8. The number of fused-ring (bicyclic) bond motifs is 2. The van der Waals surface area contributed by atoms with Crippen LogP contribution in [0.25, 0.3) is 0 Å². The van der Waals surface area contributed by atoms with Gasteiger partial charge in [-0.3, -0.25) is 81.5 Å². The van der Waals surface area contributed by atoms with Crippen LogP contribution in [0.4, 0.5) is 9.59 Å². The Morgan fingerprint density at radius 2 is 0.436 bits per heavy atom. The van der Waals surface area contributed by atoms with Crippen LogP contribution >= 0.6 is 23.5 Å². The Hall–Kier alpha value is -9.81. The molecule has 20 amide bonds.